The number of halogens is 4. The van der Waals surface area contributed by atoms with Crippen LogP contribution in [0.15, 0.2) is 36.5 Å². The van der Waals surface area contributed by atoms with E-state index in [9.17, 15) is 22.4 Å². The molecule has 33 heavy (non-hydrogen) atoms. The highest BCUT2D eigenvalue weighted by Crippen LogP contribution is 2.33. The van der Waals surface area contributed by atoms with E-state index in [1.165, 1.54) is 16.9 Å². The van der Waals surface area contributed by atoms with Gasteiger partial charge in [0.15, 0.2) is 11.6 Å². The van der Waals surface area contributed by atoms with E-state index in [-0.39, 0.29) is 12.3 Å². The third kappa shape index (κ3) is 4.60. The summed E-state index contributed by atoms with van der Waals surface area (Å²) in [5.41, 5.74) is 5.45. The molecule has 0 radical (unpaired) electrons. The van der Waals surface area contributed by atoms with Crippen LogP contribution in [0.4, 0.5) is 23.2 Å². The van der Waals surface area contributed by atoms with Crippen LogP contribution < -0.4 is 11.1 Å². The number of aromatic nitrogens is 3. The molecule has 3 heterocycles. The number of rotatable bonds is 4. The molecule has 0 bridgehead atoms. The smallest absolute Gasteiger partial charge is 0.274 e. The van der Waals surface area contributed by atoms with Gasteiger partial charge in [-0.25, -0.2) is 22.5 Å². The molecular weight excluding hydrogens is 442 g/mol. The predicted octanol–water partition coefficient (Wildman–Crippen LogP) is 3.67. The molecule has 3 N–H and O–H groups in total. The number of amides is 1. The minimum Gasteiger partial charge on any atom is -0.369 e. The van der Waals surface area contributed by atoms with Gasteiger partial charge < -0.3 is 15.8 Å². The molecule has 7 nitrogen and oxygen atoms in total. The molecule has 1 fully saturated rings. The SMILES string of the molecule is Cn1ncc(NC(=O)c2ccc(F)c(-c3cccc(F)c3F)n2)c1[C@@H]1CC[C@@H](N)[C@H](F)CO1. The molecule has 2 aromatic heterocycles. The van der Waals surface area contributed by atoms with Crippen molar-refractivity contribution in [2.45, 2.75) is 31.2 Å². The lowest BCUT2D eigenvalue weighted by molar-refractivity contribution is 0.0247. The van der Waals surface area contributed by atoms with Crippen molar-refractivity contribution in [2.24, 2.45) is 12.8 Å². The number of nitrogens with one attached hydrogen (secondary N) is 1. The number of ether oxygens (including phenoxy) is 1. The van der Waals surface area contributed by atoms with Gasteiger partial charge in [-0.15, -0.1) is 0 Å². The predicted molar refractivity (Wildman–Crippen MR) is 112 cm³/mol. The number of alkyl halides is 1. The van der Waals surface area contributed by atoms with Crippen LogP contribution in [-0.2, 0) is 11.8 Å². The van der Waals surface area contributed by atoms with Crippen LogP contribution >= 0.6 is 0 Å². The second kappa shape index (κ2) is 9.28. The number of anilines is 1. The van der Waals surface area contributed by atoms with Gasteiger partial charge in [0.25, 0.3) is 5.91 Å². The zero-order chi connectivity index (χ0) is 23.7. The third-order valence-electron chi connectivity index (χ3n) is 5.51. The van der Waals surface area contributed by atoms with E-state index >= 15 is 0 Å². The Hall–Kier alpha value is -3.31. The molecule has 0 aliphatic carbocycles. The number of carbonyl (C=O) groups excluding carboxylic acids is 1. The van der Waals surface area contributed by atoms with Crippen LogP contribution in [0.2, 0.25) is 0 Å². The number of hydrogen-bond acceptors (Lipinski definition) is 5. The molecule has 3 atom stereocenters. The summed E-state index contributed by atoms with van der Waals surface area (Å²) in [5.74, 6) is -4.08. The molecule has 1 aliphatic rings. The number of hydrogen-bond donors (Lipinski definition) is 2. The van der Waals surface area contributed by atoms with Gasteiger partial charge >= 0.3 is 0 Å². The Morgan fingerprint density at radius 3 is 2.76 bits per heavy atom. The summed E-state index contributed by atoms with van der Waals surface area (Å²) in [4.78, 5) is 16.8. The Bertz CT molecular complexity index is 1170. The Labute approximate surface area is 186 Å². The lowest BCUT2D eigenvalue weighted by atomic mass is 10.0. The molecule has 174 valence electrons. The molecule has 1 aromatic carbocycles. The van der Waals surface area contributed by atoms with E-state index < -0.39 is 52.9 Å². The van der Waals surface area contributed by atoms with Gasteiger partial charge in [-0.3, -0.25) is 9.48 Å². The zero-order valence-corrected chi connectivity index (χ0v) is 17.6. The van der Waals surface area contributed by atoms with Gasteiger partial charge in [0.1, 0.15) is 29.5 Å². The summed E-state index contributed by atoms with van der Waals surface area (Å²) in [6.45, 7) is -0.188. The molecular formula is C22H21F4N5O2. The minimum absolute atomic E-state index is 0.188. The van der Waals surface area contributed by atoms with Crippen LogP contribution in [0, 0.1) is 17.5 Å². The highest BCUT2D eigenvalue weighted by atomic mass is 19.2. The normalized spacial score (nSPS) is 21.0. The van der Waals surface area contributed by atoms with Crippen LogP contribution in [0.5, 0.6) is 0 Å². The minimum atomic E-state index is -1.30. The molecule has 4 rings (SSSR count). The van der Waals surface area contributed by atoms with E-state index in [0.29, 0.717) is 24.2 Å². The summed E-state index contributed by atoms with van der Waals surface area (Å²) in [6.07, 6.45) is 0.336. The Balaban J connectivity index is 1.61. The average molecular weight is 463 g/mol. The topological polar surface area (TPSA) is 95.1 Å². The van der Waals surface area contributed by atoms with Crippen molar-refractivity contribution in [1.29, 1.82) is 0 Å². The van der Waals surface area contributed by atoms with Crippen molar-refractivity contribution in [3.63, 3.8) is 0 Å². The Kier molecular flexibility index (Phi) is 6.43. The van der Waals surface area contributed by atoms with Crippen LogP contribution in [0.25, 0.3) is 11.3 Å². The van der Waals surface area contributed by atoms with E-state index in [0.717, 1.165) is 24.3 Å². The number of aryl methyl sites for hydroxylation is 1. The standard InChI is InChI=1S/C22H21F4N5O2/c1-31-21(18-8-6-15(27)14(25)10-33-18)17(9-28-31)30-22(32)16-7-5-13(24)20(29-16)11-3-2-4-12(23)19(11)26/h2-5,7,9,14-15,18H,6,8,10,27H2,1H3,(H,30,32)/t14-,15-,18+/m1/s1. The van der Waals surface area contributed by atoms with Crippen molar-refractivity contribution in [3.8, 4) is 11.3 Å². The van der Waals surface area contributed by atoms with Crippen molar-refractivity contribution < 1.29 is 27.1 Å². The van der Waals surface area contributed by atoms with Gasteiger partial charge in [-0.2, -0.15) is 5.10 Å². The number of carbonyl (C=O) groups is 1. The van der Waals surface area contributed by atoms with E-state index in [1.807, 2.05) is 0 Å². The first-order valence-electron chi connectivity index (χ1n) is 10.2. The van der Waals surface area contributed by atoms with Crippen molar-refractivity contribution in [2.75, 3.05) is 11.9 Å². The first-order chi connectivity index (χ1) is 15.8. The molecule has 1 aliphatic heterocycles. The van der Waals surface area contributed by atoms with E-state index in [1.54, 1.807) is 7.05 Å². The van der Waals surface area contributed by atoms with Crippen LogP contribution in [0.3, 0.4) is 0 Å². The molecule has 1 saturated heterocycles. The maximum absolute atomic E-state index is 14.3. The second-order valence-electron chi connectivity index (χ2n) is 7.73. The molecule has 3 aromatic rings. The lowest BCUT2D eigenvalue weighted by Crippen LogP contribution is -2.32. The summed E-state index contributed by atoms with van der Waals surface area (Å²) >= 11 is 0. The Morgan fingerprint density at radius 1 is 1.18 bits per heavy atom. The fourth-order valence-electron chi connectivity index (χ4n) is 3.71. The van der Waals surface area contributed by atoms with Gasteiger partial charge in [-0.1, -0.05) is 6.07 Å². The maximum Gasteiger partial charge on any atom is 0.274 e. The van der Waals surface area contributed by atoms with Gasteiger partial charge in [0.05, 0.1) is 24.2 Å². The van der Waals surface area contributed by atoms with Crippen molar-refractivity contribution >= 4 is 11.6 Å². The van der Waals surface area contributed by atoms with E-state index in [2.05, 4.69) is 15.4 Å². The monoisotopic (exact) mass is 463 g/mol. The van der Waals surface area contributed by atoms with Gasteiger partial charge in [0, 0.05) is 18.7 Å². The van der Waals surface area contributed by atoms with Crippen LogP contribution in [-0.4, -0.2) is 39.5 Å². The molecule has 0 unspecified atom stereocenters. The fourth-order valence-corrected chi connectivity index (χ4v) is 3.71. The van der Waals surface area contributed by atoms with Crippen LogP contribution in [0.1, 0.15) is 35.1 Å². The lowest BCUT2D eigenvalue weighted by Gasteiger charge is -2.17. The average Bonchev–Trinajstić information content (AvgIpc) is 3.06. The molecule has 1 amide bonds. The van der Waals surface area contributed by atoms with E-state index in [4.69, 9.17) is 10.5 Å². The summed E-state index contributed by atoms with van der Waals surface area (Å²) in [6, 6.07) is 4.69. The van der Waals surface area contributed by atoms with Crippen molar-refractivity contribution in [3.05, 3.63) is 65.4 Å². The van der Waals surface area contributed by atoms with Gasteiger partial charge in [0.2, 0.25) is 0 Å². The second-order valence-corrected chi connectivity index (χ2v) is 7.73. The first kappa shape index (κ1) is 22.9. The number of pyridine rings is 1. The molecule has 0 spiro atoms. The highest BCUT2D eigenvalue weighted by Gasteiger charge is 2.30. The molecule has 11 heteroatoms. The summed E-state index contributed by atoms with van der Waals surface area (Å²) in [7, 11) is 1.65. The maximum atomic E-state index is 14.3. The summed E-state index contributed by atoms with van der Waals surface area (Å²) in [5, 5.41) is 6.76. The largest absolute Gasteiger partial charge is 0.369 e. The first-order valence-corrected chi connectivity index (χ1v) is 10.2. The van der Waals surface area contributed by atoms with Crippen molar-refractivity contribution in [1.82, 2.24) is 14.8 Å². The quantitative estimate of drug-likeness (QED) is 0.576. The third-order valence-corrected chi connectivity index (χ3v) is 5.51. The number of nitrogens with zero attached hydrogens (tertiary/aromatic N) is 3. The fraction of sp³-hybridized carbons (Fsp3) is 0.318. The zero-order valence-electron chi connectivity index (χ0n) is 17.6. The number of benzene rings is 1. The Morgan fingerprint density at radius 2 is 1.97 bits per heavy atom. The molecule has 0 saturated carbocycles. The summed E-state index contributed by atoms with van der Waals surface area (Å²) < 4.78 is 63.1. The number of nitrogens with two attached hydrogens (primary N) is 1. The highest BCUT2D eigenvalue weighted by molar-refractivity contribution is 6.03. The van der Waals surface area contributed by atoms with Gasteiger partial charge in [-0.05, 0) is 37.1 Å².